The van der Waals surface area contributed by atoms with Crippen molar-refractivity contribution in [2.24, 2.45) is 0 Å². The second-order valence-electron chi connectivity index (χ2n) is 4.39. The third kappa shape index (κ3) is 2.57. The Hall–Kier alpha value is -2.37. The SMILES string of the molecule is Cc1noc(COc2ccc3c(c2)NC(=O)CC3)n1. The number of hydrogen-bond acceptors (Lipinski definition) is 5. The van der Waals surface area contributed by atoms with Gasteiger partial charge in [0.15, 0.2) is 12.4 Å². The van der Waals surface area contributed by atoms with Gasteiger partial charge in [-0.05, 0) is 25.0 Å². The van der Waals surface area contributed by atoms with Gasteiger partial charge in [-0.15, -0.1) is 0 Å². The Bertz CT molecular complexity index is 621. The van der Waals surface area contributed by atoms with E-state index in [0.717, 1.165) is 17.7 Å². The largest absolute Gasteiger partial charge is 0.484 e. The minimum atomic E-state index is 0.0391. The van der Waals surface area contributed by atoms with E-state index in [1.807, 2.05) is 18.2 Å². The van der Waals surface area contributed by atoms with E-state index >= 15 is 0 Å². The van der Waals surface area contributed by atoms with Crippen molar-refractivity contribution in [3.63, 3.8) is 0 Å². The van der Waals surface area contributed by atoms with Crippen molar-refractivity contribution in [3.8, 4) is 5.75 Å². The van der Waals surface area contributed by atoms with E-state index in [1.165, 1.54) is 0 Å². The van der Waals surface area contributed by atoms with Crippen LogP contribution in [-0.2, 0) is 17.8 Å². The number of nitrogens with one attached hydrogen (secondary N) is 1. The molecule has 0 saturated carbocycles. The molecule has 3 rings (SSSR count). The molecule has 1 aromatic heterocycles. The Balaban J connectivity index is 1.71. The first-order valence-corrected chi connectivity index (χ1v) is 6.05. The highest BCUT2D eigenvalue weighted by Crippen LogP contribution is 2.27. The van der Waals surface area contributed by atoms with Crippen LogP contribution < -0.4 is 10.1 Å². The van der Waals surface area contributed by atoms with Crippen molar-refractivity contribution < 1.29 is 14.1 Å². The maximum absolute atomic E-state index is 11.3. The smallest absolute Gasteiger partial charge is 0.264 e. The highest BCUT2D eigenvalue weighted by molar-refractivity contribution is 5.94. The zero-order chi connectivity index (χ0) is 13.2. The third-order valence-electron chi connectivity index (χ3n) is 2.91. The zero-order valence-corrected chi connectivity index (χ0v) is 10.5. The minimum Gasteiger partial charge on any atom is -0.484 e. The summed E-state index contributed by atoms with van der Waals surface area (Å²) in [6.45, 7) is 1.97. The Morgan fingerprint density at radius 3 is 3.11 bits per heavy atom. The molecule has 0 radical (unpaired) electrons. The molecule has 6 heteroatoms. The number of hydrogen-bond donors (Lipinski definition) is 1. The molecule has 0 aliphatic carbocycles. The van der Waals surface area contributed by atoms with Crippen LogP contribution in [0, 0.1) is 6.92 Å². The van der Waals surface area contributed by atoms with Crippen LogP contribution in [0.5, 0.6) is 5.75 Å². The van der Waals surface area contributed by atoms with Gasteiger partial charge < -0.3 is 14.6 Å². The van der Waals surface area contributed by atoms with Crippen molar-refractivity contribution in [1.82, 2.24) is 10.1 Å². The Labute approximate surface area is 109 Å². The highest BCUT2D eigenvalue weighted by atomic mass is 16.5. The van der Waals surface area contributed by atoms with Crippen LogP contribution in [0.4, 0.5) is 5.69 Å². The van der Waals surface area contributed by atoms with Crippen LogP contribution in [0.25, 0.3) is 0 Å². The maximum atomic E-state index is 11.3. The van der Waals surface area contributed by atoms with Gasteiger partial charge in [0.05, 0.1) is 0 Å². The van der Waals surface area contributed by atoms with Crippen LogP contribution in [0.15, 0.2) is 22.7 Å². The molecule has 2 aromatic rings. The van der Waals surface area contributed by atoms with Crippen molar-refractivity contribution in [2.75, 3.05) is 5.32 Å². The number of nitrogens with zero attached hydrogens (tertiary/aromatic N) is 2. The van der Waals surface area contributed by atoms with Crippen molar-refractivity contribution in [3.05, 3.63) is 35.5 Å². The molecular weight excluding hydrogens is 246 g/mol. The predicted molar refractivity (Wildman–Crippen MR) is 66.8 cm³/mol. The normalized spacial score (nSPS) is 13.8. The standard InChI is InChI=1S/C13H13N3O3/c1-8-14-13(19-16-8)7-18-10-4-2-9-3-5-12(17)15-11(9)6-10/h2,4,6H,3,5,7H2,1H3,(H,15,17). The summed E-state index contributed by atoms with van der Waals surface area (Å²) in [5.74, 6) is 1.71. The molecule has 98 valence electrons. The molecule has 1 N–H and O–H groups in total. The van der Waals surface area contributed by atoms with E-state index in [-0.39, 0.29) is 12.5 Å². The van der Waals surface area contributed by atoms with E-state index in [1.54, 1.807) is 6.92 Å². The second-order valence-corrected chi connectivity index (χ2v) is 4.39. The average molecular weight is 259 g/mol. The highest BCUT2D eigenvalue weighted by Gasteiger charge is 2.15. The number of aromatic nitrogens is 2. The number of aryl methyl sites for hydroxylation is 2. The number of carbonyl (C=O) groups excluding carboxylic acids is 1. The summed E-state index contributed by atoms with van der Waals surface area (Å²) in [6, 6.07) is 5.65. The summed E-state index contributed by atoms with van der Waals surface area (Å²) in [4.78, 5) is 15.4. The fourth-order valence-electron chi connectivity index (χ4n) is 1.98. The first kappa shape index (κ1) is 11.7. The molecule has 0 atom stereocenters. The fourth-order valence-corrected chi connectivity index (χ4v) is 1.98. The number of anilines is 1. The molecule has 0 unspecified atom stereocenters. The average Bonchev–Trinajstić information content (AvgIpc) is 2.81. The lowest BCUT2D eigenvalue weighted by atomic mass is 10.0. The van der Waals surface area contributed by atoms with E-state index < -0.39 is 0 Å². The van der Waals surface area contributed by atoms with E-state index in [4.69, 9.17) is 9.26 Å². The summed E-state index contributed by atoms with van der Waals surface area (Å²) >= 11 is 0. The van der Waals surface area contributed by atoms with Crippen LogP contribution >= 0.6 is 0 Å². The van der Waals surface area contributed by atoms with Gasteiger partial charge in [0.2, 0.25) is 5.91 Å². The van der Waals surface area contributed by atoms with Gasteiger partial charge >= 0.3 is 0 Å². The lowest BCUT2D eigenvalue weighted by Crippen LogP contribution is -2.18. The first-order chi connectivity index (χ1) is 9.20. The third-order valence-corrected chi connectivity index (χ3v) is 2.91. The number of ether oxygens (including phenoxy) is 1. The lowest BCUT2D eigenvalue weighted by molar-refractivity contribution is -0.116. The molecule has 1 aliphatic rings. The first-order valence-electron chi connectivity index (χ1n) is 6.05. The van der Waals surface area contributed by atoms with Crippen molar-refractivity contribution >= 4 is 11.6 Å². The van der Waals surface area contributed by atoms with Crippen LogP contribution in [0.3, 0.4) is 0 Å². The second kappa shape index (κ2) is 4.72. The fraction of sp³-hybridized carbons (Fsp3) is 0.308. The molecule has 1 aliphatic heterocycles. The van der Waals surface area contributed by atoms with E-state index in [0.29, 0.717) is 23.9 Å². The summed E-state index contributed by atoms with van der Waals surface area (Å²) in [7, 11) is 0. The molecule has 0 bridgehead atoms. The minimum absolute atomic E-state index is 0.0391. The lowest BCUT2D eigenvalue weighted by Gasteiger charge is -2.17. The monoisotopic (exact) mass is 259 g/mol. The van der Waals surface area contributed by atoms with Gasteiger partial charge in [-0.3, -0.25) is 4.79 Å². The van der Waals surface area contributed by atoms with Gasteiger partial charge in [-0.1, -0.05) is 11.2 Å². The number of amides is 1. The quantitative estimate of drug-likeness (QED) is 0.910. The van der Waals surface area contributed by atoms with Crippen molar-refractivity contribution in [2.45, 2.75) is 26.4 Å². The molecule has 19 heavy (non-hydrogen) atoms. The summed E-state index contributed by atoms with van der Waals surface area (Å²) < 4.78 is 10.5. The van der Waals surface area contributed by atoms with Gasteiger partial charge in [-0.2, -0.15) is 4.98 Å². The van der Waals surface area contributed by atoms with Crippen LogP contribution in [-0.4, -0.2) is 16.0 Å². The molecule has 6 nitrogen and oxygen atoms in total. The zero-order valence-electron chi connectivity index (χ0n) is 10.5. The van der Waals surface area contributed by atoms with Gasteiger partial charge in [0.1, 0.15) is 5.75 Å². The van der Waals surface area contributed by atoms with E-state index in [2.05, 4.69) is 15.5 Å². The summed E-state index contributed by atoms with van der Waals surface area (Å²) in [5, 5.41) is 6.52. The molecule has 0 fully saturated rings. The topological polar surface area (TPSA) is 77.3 Å². The Morgan fingerprint density at radius 2 is 2.32 bits per heavy atom. The molecule has 1 aromatic carbocycles. The van der Waals surface area contributed by atoms with Crippen LogP contribution in [0.1, 0.15) is 23.7 Å². The molecule has 0 saturated heterocycles. The van der Waals surface area contributed by atoms with E-state index in [9.17, 15) is 4.79 Å². The number of benzene rings is 1. The molecule has 2 heterocycles. The van der Waals surface area contributed by atoms with Crippen LogP contribution in [0.2, 0.25) is 0 Å². The Morgan fingerprint density at radius 1 is 1.42 bits per heavy atom. The van der Waals surface area contributed by atoms with Gasteiger partial charge in [0.25, 0.3) is 5.89 Å². The molecule has 0 spiro atoms. The Kier molecular flexibility index (Phi) is 2.91. The number of rotatable bonds is 3. The summed E-state index contributed by atoms with van der Waals surface area (Å²) in [6.07, 6.45) is 1.30. The molecular formula is C13H13N3O3. The molecule has 1 amide bonds. The maximum Gasteiger partial charge on any atom is 0.264 e. The summed E-state index contributed by atoms with van der Waals surface area (Å²) in [5.41, 5.74) is 1.94. The number of fused-ring (bicyclic) bond motifs is 1. The number of carbonyl (C=O) groups is 1. The van der Waals surface area contributed by atoms with Gasteiger partial charge in [0, 0.05) is 18.2 Å². The van der Waals surface area contributed by atoms with Gasteiger partial charge in [-0.25, -0.2) is 0 Å². The van der Waals surface area contributed by atoms with Crippen molar-refractivity contribution in [1.29, 1.82) is 0 Å². The predicted octanol–water partition coefficient (Wildman–Crippen LogP) is 1.84.